The Morgan fingerprint density at radius 3 is 2.79 bits per heavy atom. The quantitative estimate of drug-likeness (QED) is 0.790. The van der Waals surface area contributed by atoms with E-state index < -0.39 is 0 Å². The van der Waals surface area contributed by atoms with Crippen LogP contribution in [-0.2, 0) is 6.54 Å². The van der Waals surface area contributed by atoms with E-state index in [0.717, 1.165) is 15.7 Å². The van der Waals surface area contributed by atoms with Crippen molar-refractivity contribution in [1.82, 2.24) is 14.5 Å². The number of rotatable bonds is 2. The van der Waals surface area contributed by atoms with Gasteiger partial charge in [0.25, 0.3) is 5.56 Å². The van der Waals surface area contributed by atoms with E-state index in [2.05, 4.69) is 25.9 Å². The van der Waals surface area contributed by atoms with E-state index in [-0.39, 0.29) is 5.56 Å². The second-order valence-corrected chi connectivity index (χ2v) is 5.43. The minimum atomic E-state index is -0.0164. The van der Waals surface area contributed by atoms with Crippen LogP contribution in [0.5, 0.6) is 0 Å². The van der Waals surface area contributed by atoms with Gasteiger partial charge in [0.2, 0.25) is 0 Å². The van der Waals surface area contributed by atoms with Gasteiger partial charge in [0.1, 0.15) is 12.0 Å². The predicted molar refractivity (Wildman–Crippen MR) is 78.3 cm³/mol. The molecule has 0 fully saturated rings. The average Bonchev–Trinajstić information content (AvgIpc) is 2.77. The van der Waals surface area contributed by atoms with Crippen LogP contribution in [0.1, 0.15) is 11.3 Å². The van der Waals surface area contributed by atoms with Crippen LogP contribution in [-0.4, -0.2) is 14.5 Å². The van der Waals surface area contributed by atoms with E-state index in [1.807, 2.05) is 37.3 Å². The number of benzene rings is 1. The number of aromatic amines is 1. The summed E-state index contributed by atoms with van der Waals surface area (Å²) in [5, 5.41) is 0.636. The zero-order valence-electron chi connectivity index (χ0n) is 10.4. The molecule has 2 aromatic heterocycles. The lowest BCUT2D eigenvalue weighted by Crippen LogP contribution is -2.20. The van der Waals surface area contributed by atoms with Crippen molar-refractivity contribution in [3.05, 3.63) is 62.7 Å². The molecule has 96 valence electrons. The molecule has 0 unspecified atom stereocenters. The molecule has 3 rings (SSSR count). The third kappa shape index (κ3) is 2.33. The van der Waals surface area contributed by atoms with Crippen LogP contribution in [0, 0.1) is 6.92 Å². The number of nitrogens with zero attached hydrogens (tertiary/aromatic N) is 2. The van der Waals surface area contributed by atoms with E-state index in [4.69, 9.17) is 0 Å². The fourth-order valence-electron chi connectivity index (χ4n) is 2.07. The first-order valence-corrected chi connectivity index (χ1v) is 6.72. The fraction of sp³-hybridized carbons (Fsp3) is 0.143. The van der Waals surface area contributed by atoms with Crippen LogP contribution in [0.15, 0.2) is 45.9 Å². The molecule has 0 atom stereocenters. The summed E-state index contributed by atoms with van der Waals surface area (Å²) in [6, 6.07) is 9.74. The average molecular weight is 318 g/mol. The molecular formula is C14H12BrN3O. The number of halogens is 1. The highest BCUT2D eigenvalue weighted by Crippen LogP contribution is 2.12. The minimum Gasteiger partial charge on any atom is -0.343 e. The number of hydrogen-bond acceptors (Lipinski definition) is 2. The Morgan fingerprint density at radius 1 is 1.32 bits per heavy atom. The van der Waals surface area contributed by atoms with Gasteiger partial charge in [-0.3, -0.25) is 9.36 Å². The number of nitrogens with one attached hydrogen (secondary N) is 1. The predicted octanol–water partition coefficient (Wildman–Crippen LogP) is 2.84. The number of aryl methyl sites for hydroxylation is 1. The second-order valence-electron chi connectivity index (χ2n) is 4.52. The highest BCUT2D eigenvalue weighted by molar-refractivity contribution is 9.10. The van der Waals surface area contributed by atoms with Crippen LogP contribution in [0.25, 0.3) is 11.0 Å². The van der Waals surface area contributed by atoms with Gasteiger partial charge in [-0.15, -0.1) is 0 Å². The first kappa shape index (κ1) is 12.2. The number of H-pyrrole nitrogens is 1. The molecule has 4 nitrogen and oxygen atoms in total. The molecule has 0 aliphatic carbocycles. The van der Waals surface area contributed by atoms with Crippen molar-refractivity contribution in [2.75, 3.05) is 0 Å². The molecule has 0 saturated heterocycles. The molecule has 0 saturated carbocycles. The minimum absolute atomic E-state index is 0.0164. The van der Waals surface area contributed by atoms with E-state index in [0.29, 0.717) is 17.6 Å². The third-order valence-corrected chi connectivity index (χ3v) is 3.54. The van der Waals surface area contributed by atoms with E-state index >= 15 is 0 Å². The molecule has 0 bridgehead atoms. The largest absolute Gasteiger partial charge is 0.343 e. The lowest BCUT2D eigenvalue weighted by Gasteiger charge is -2.05. The van der Waals surface area contributed by atoms with Crippen molar-refractivity contribution >= 4 is 27.0 Å². The smallest absolute Gasteiger partial charge is 0.263 e. The molecule has 2 heterocycles. The van der Waals surface area contributed by atoms with Crippen molar-refractivity contribution in [3.8, 4) is 0 Å². The van der Waals surface area contributed by atoms with Crippen LogP contribution >= 0.6 is 15.9 Å². The number of aromatic nitrogens is 3. The Morgan fingerprint density at radius 2 is 2.05 bits per heavy atom. The van der Waals surface area contributed by atoms with Crippen molar-refractivity contribution in [3.63, 3.8) is 0 Å². The molecule has 0 amide bonds. The molecule has 0 aliphatic rings. The number of hydrogen-bond donors (Lipinski definition) is 1. The van der Waals surface area contributed by atoms with Gasteiger partial charge in [-0.2, -0.15) is 0 Å². The van der Waals surface area contributed by atoms with Gasteiger partial charge in [-0.25, -0.2) is 4.98 Å². The van der Waals surface area contributed by atoms with Crippen LogP contribution in [0.4, 0.5) is 0 Å². The van der Waals surface area contributed by atoms with Gasteiger partial charge in [0.05, 0.1) is 11.9 Å². The SMILES string of the molecule is Cc1cc2c(=O)n(Cc3ccc(Br)cc3)cnc2[nH]1. The summed E-state index contributed by atoms with van der Waals surface area (Å²) in [4.78, 5) is 19.6. The maximum Gasteiger partial charge on any atom is 0.263 e. The fourth-order valence-corrected chi connectivity index (χ4v) is 2.34. The summed E-state index contributed by atoms with van der Waals surface area (Å²) in [6.45, 7) is 2.44. The molecule has 0 radical (unpaired) electrons. The number of fused-ring (bicyclic) bond motifs is 1. The van der Waals surface area contributed by atoms with Crippen LogP contribution in [0.2, 0.25) is 0 Å². The standard InChI is InChI=1S/C14H12BrN3O/c1-9-6-12-13(17-9)16-8-18(14(12)19)7-10-2-4-11(15)5-3-10/h2-6,8,17H,7H2,1H3. The molecule has 1 aromatic carbocycles. The highest BCUT2D eigenvalue weighted by Gasteiger charge is 2.06. The van der Waals surface area contributed by atoms with Gasteiger partial charge >= 0.3 is 0 Å². The molecule has 5 heteroatoms. The van der Waals surface area contributed by atoms with Gasteiger partial charge in [0.15, 0.2) is 0 Å². The Hall–Kier alpha value is -1.88. The second kappa shape index (κ2) is 4.66. The topological polar surface area (TPSA) is 50.7 Å². The van der Waals surface area contributed by atoms with Crippen molar-refractivity contribution < 1.29 is 0 Å². The van der Waals surface area contributed by atoms with E-state index in [1.165, 1.54) is 0 Å². The molecule has 0 aliphatic heterocycles. The highest BCUT2D eigenvalue weighted by atomic mass is 79.9. The monoisotopic (exact) mass is 317 g/mol. The van der Waals surface area contributed by atoms with Crippen molar-refractivity contribution in [2.24, 2.45) is 0 Å². The molecule has 1 N–H and O–H groups in total. The molecule has 0 spiro atoms. The molecular weight excluding hydrogens is 306 g/mol. The van der Waals surface area contributed by atoms with E-state index in [9.17, 15) is 4.79 Å². The van der Waals surface area contributed by atoms with Crippen molar-refractivity contribution in [2.45, 2.75) is 13.5 Å². The Balaban J connectivity index is 2.03. The summed E-state index contributed by atoms with van der Waals surface area (Å²) in [5.74, 6) is 0. The zero-order chi connectivity index (χ0) is 13.4. The summed E-state index contributed by atoms with van der Waals surface area (Å²) in [6.07, 6.45) is 1.59. The maximum absolute atomic E-state index is 12.3. The van der Waals surface area contributed by atoms with E-state index in [1.54, 1.807) is 10.9 Å². The summed E-state index contributed by atoms with van der Waals surface area (Å²) < 4.78 is 2.65. The Bertz CT molecular complexity index is 787. The Kier molecular flexibility index (Phi) is 2.98. The zero-order valence-corrected chi connectivity index (χ0v) is 11.9. The molecule has 19 heavy (non-hydrogen) atoms. The first-order chi connectivity index (χ1) is 9.13. The summed E-state index contributed by atoms with van der Waals surface area (Å²) in [5.41, 5.74) is 2.64. The van der Waals surface area contributed by atoms with Gasteiger partial charge in [-0.05, 0) is 30.7 Å². The summed E-state index contributed by atoms with van der Waals surface area (Å²) in [7, 11) is 0. The van der Waals surface area contributed by atoms with Gasteiger partial charge in [0, 0.05) is 10.2 Å². The van der Waals surface area contributed by atoms with Crippen LogP contribution < -0.4 is 5.56 Å². The lowest BCUT2D eigenvalue weighted by atomic mass is 10.2. The maximum atomic E-state index is 12.3. The van der Waals surface area contributed by atoms with Gasteiger partial charge in [-0.1, -0.05) is 28.1 Å². The third-order valence-electron chi connectivity index (χ3n) is 3.02. The van der Waals surface area contributed by atoms with Gasteiger partial charge < -0.3 is 4.98 Å². The van der Waals surface area contributed by atoms with Crippen molar-refractivity contribution in [1.29, 1.82) is 0 Å². The summed E-state index contributed by atoms with van der Waals surface area (Å²) >= 11 is 3.40. The van der Waals surface area contributed by atoms with Crippen LogP contribution in [0.3, 0.4) is 0 Å². The Labute approximate surface area is 118 Å². The molecule has 3 aromatic rings. The lowest BCUT2D eigenvalue weighted by molar-refractivity contribution is 0.748. The normalized spacial score (nSPS) is 11.1. The first-order valence-electron chi connectivity index (χ1n) is 5.93.